The maximum atomic E-state index is 12.6. The lowest BCUT2D eigenvalue weighted by molar-refractivity contribution is -0.118. The van der Waals surface area contributed by atoms with Gasteiger partial charge in [0.2, 0.25) is 5.91 Å². The molecule has 0 aliphatic carbocycles. The number of benzene rings is 1. The van der Waals surface area contributed by atoms with E-state index in [1.54, 1.807) is 0 Å². The number of nitrogens with zero attached hydrogens (tertiary/aromatic N) is 3. The summed E-state index contributed by atoms with van der Waals surface area (Å²) in [7, 11) is 0. The van der Waals surface area contributed by atoms with Gasteiger partial charge in [0, 0.05) is 19.7 Å². The highest BCUT2D eigenvalue weighted by molar-refractivity contribution is 5.93. The fraction of sp³-hybridized carbons (Fsp3) is 0.545. The minimum absolute atomic E-state index is 0.0145. The van der Waals surface area contributed by atoms with E-state index < -0.39 is 0 Å². The maximum absolute atomic E-state index is 12.6. The molecule has 0 unspecified atom stereocenters. The number of likely N-dealkylation sites (tertiary alicyclic amines) is 1. The molecule has 1 aromatic carbocycles. The van der Waals surface area contributed by atoms with Gasteiger partial charge in [-0.1, -0.05) is 6.07 Å². The van der Waals surface area contributed by atoms with Crippen molar-refractivity contribution in [1.82, 2.24) is 14.7 Å². The first-order valence-corrected chi connectivity index (χ1v) is 10.2. The Hall–Kier alpha value is -2.18. The summed E-state index contributed by atoms with van der Waals surface area (Å²) in [4.78, 5) is 14.8. The SMILES string of the molecule is CCOC1CCN(CC(=O)Nc2c(C)nn(-c3ccc(C)c(C)c3)c2C)CC1. The van der Waals surface area contributed by atoms with Crippen molar-refractivity contribution in [2.75, 3.05) is 31.6 Å². The summed E-state index contributed by atoms with van der Waals surface area (Å²) >= 11 is 0. The number of hydrogen-bond donors (Lipinski definition) is 1. The predicted molar refractivity (Wildman–Crippen MR) is 112 cm³/mol. The summed E-state index contributed by atoms with van der Waals surface area (Å²) in [5.41, 5.74) is 6.09. The molecule has 2 aromatic rings. The molecule has 6 nitrogen and oxygen atoms in total. The van der Waals surface area contributed by atoms with Crippen molar-refractivity contribution in [1.29, 1.82) is 0 Å². The molecule has 0 atom stereocenters. The van der Waals surface area contributed by atoms with Crippen LogP contribution in [0.5, 0.6) is 0 Å². The number of piperidine rings is 1. The van der Waals surface area contributed by atoms with Gasteiger partial charge in [-0.25, -0.2) is 4.68 Å². The Kier molecular flexibility index (Phi) is 6.52. The molecule has 1 aromatic heterocycles. The molecule has 3 rings (SSSR count). The van der Waals surface area contributed by atoms with Gasteiger partial charge in [-0.3, -0.25) is 9.69 Å². The summed E-state index contributed by atoms with van der Waals surface area (Å²) in [6, 6.07) is 6.30. The van der Waals surface area contributed by atoms with E-state index in [2.05, 4.69) is 47.4 Å². The van der Waals surface area contributed by atoms with Crippen molar-refractivity contribution >= 4 is 11.6 Å². The number of hydrogen-bond acceptors (Lipinski definition) is 4. The van der Waals surface area contributed by atoms with E-state index in [0.717, 1.165) is 55.3 Å². The lowest BCUT2D eigenvalue weighted by Gasteiger charge is -2.31. The molecule has 2 heterocycles. The number of rotatable bonds is 6. The van der Waals surface area contributed by atoms with E-state index in [1.807, 2.05) is 25.5 Å². The monoisotopic (exact) mass is 384 g/mol. The highest BCUT2D eigenvalue weighted by Crippen LogP contribution is 2.24. The second-order valence-electron chi connectivity index (χ2n) is 7.71. The van der Waals surface area contributed by atoms with Crippen molar-refractivity contribution in [2.24, 2.45) is 0 Å². The molecule has 152 valence electrons. The number of carbonyl (C=O) groups is 1. The smallest absolute Gasteiger partial charge is 0.238 e. The van der Waals surface area contributed by atoms with Crippen molar-refractivity contribution in [3.05, 3.63) is 40.7 Å². The van der Waals surface area contributed by atoms with Gasteiger partial charge in [0.05, 0.1) is 35.4 Å². The average Bonchev–Trinajstić information content (AvgIpc) is 2.94. The van der Waals surface area contributed by atoms with Crippen LogP contribution in [-0.4, -0.2) is 52.9 Å². The molecule has 1 amide bonds. The molecule has 1 fully saturated rings. The van der Waals surface area contributed by atoms with Gasteiger partial charge in [0.1, 0.15) is 0 Å². The molecule has 1 aliphatic rings. The Balaban J connectivity index is 1.65. The van der Waals surface area contributed by atoms with Crippen LogP contribution < -0.4 is 5.32 Å². The van der Waals surface area contributed by atoms with E-state index >= 15 is 0 Å². The fourth-order valence-electron chi connectivity index (χ4n) is 3.78. The topological polar surface area (TPSA) is 59.4 Å². The Morgan fingerprint density at radius 2 is 1.89 bits per heavy atom. The molecule has 0 saturated carbocycles. The van der Waals surface area contributed by atoms with E-state index in [-0.39, 0.29) is 5.91 Å². The second kappa shape index (κ2) is 8.88. The Bertz CT molecular complexity index is 835. The lowest BCUT2D eigenvalue weighted by atomic mass is 10.1. The third-order valence-electron chi connectivity index (χ3n) is 5.59. The van der Waals surface area contributed by atoms with Crippen LogP contribution in [0.3, 0.4) is 0 Å². The lowest BCUT2D eigenvalue weighted by Crippen LogP contribution is -2.41. The third kappa shape index (κ3) is 4.62. The quantitative estimate of drug-likeness (QED) is 0.827. The normalized spacial score (nSPS) is 15.8. The minimum Gasteiger partial charge on any atom is -0.378 e. The fourth-order valence-corrected chi connectivity index (χ4v) is 3.78. The van der Waals surface area contributed by atoms with Gasteiger partial charge < -0.3 is 10.1 Å². The van der Waals surface area contributed by atoms with Gasteiger partial charge in [0.15, 0.2) is 0 Å². The van der Waals surface area contributed by atoms with Crippen LogP contribution in [0.4, 0.5) is 5.69 Å². The summed E-state index contributed by atoms with van der Waals surface area (Å²) < 4.78 is 7.59. The first-order valence-electron chi connectivity index (χ1n) is 10.2. The number of ether oxygens (including phenoxy) is 1. The highest BCUT2D eigenvalue weighted by atomic mass is 16.5. The summed E-state index contributed by atoms with van der Waals surface area (Å²) in [5.74, 6) is 0.0145. The molecule has 0 radical (unpaired) electrons. The molecule has 1 aliphatic heterocycles. The average molecular weight is 385 g/mol. The van der Waals surface area contributed by atoms with Crippen LogP contribution in [-0.2, 0) is 9.53 Å². The first kappa shape index (κ1) is 20.6. The van der Waals surface area contributed by atoms with E-state index in [4.69, 9.17) is 4.74 Å². The summed E-state index contributed by atoms with van der Waals surface area (Å²) in [6.07, 6.45) is 2.32. The van der Waals surface area contributed by atoms with Crippen molar-refractivity contribution in [2.45, 2.75) is 53.6 Å². The molecule has 6 heteroatoms. The first-order chi connectivity index (χ1) is 13.4. The second-order valence-corrected chi connectivity index (χ2v) is 7.71. The van der Waals surface area contributed by atoms with E-state index in [0.29, 0.717) is 12.6 Å². The van der Waals surface area contributed by atoms with Crippen LogP contribution in [0.25, 0.3) is 5.69 Å². The molecule has 1 N–H and O–H groups in total. The number of nitrogens with one attached hydrogen (secondary N) is 1. The van der Waals surface area contributed by atoms with Crippen LogP contribution in [0.2, 0.25) is 0 Å². The molecule has 1 saturated heterocycles. The minimum atomic E-state index is 0.0145. The number of carbonyl (C=O) groups excluding carboxylic acids is 1. The molecular weight excluding hydrogens is 352 g/mol. The van der Waals surface area contributed by atoms with E-state index in [1.165, 1.54) is 11.1 Å². The zero-order valence-corrected chi connectivity index (χ0v) is 17.7. The van der Waals surface area contributed by atoms with Crippen molar-refractivity contribution in [3.63, 3.8) is 0 Å². The Labute approximate surface area is 167 Å². The number of anilines is 1. The third-order valence-corrected chi connectivity index (χ3v) is 5.59. The maximum Gasteiger partial charge on any atom is 0.238 e. The Morgan fingerprint density at radius 1 is 1.18 bits per heavy atom. The standard InChI is InChI=1S/C22H32N4O2/c1-6-28-20-9-11-25(12-10-20)14-21(27)23-22-17(4)24-26(18(22)5)19-8-7-15(2)16(3)13-19/h7-8,13,20H,6,9-12,14H2,1-5H3,(H,23,27). The van der Waals surface area contributed by atoms with E-state index in [9.17, 15) is 4.79 Å². The molecule has 0 bridgehead atoms. The predicted octanol–water partition coefficient (Wildman–Crippen LogP) is 3.55. The largest absolute Gasteiger partial charge is 0.378 e. The zero-order chi connectivity index (χ0) is 20.3. The summed E-state index contributed by atoms with van der Waals surface area (Å²) in [6.45, 7) is 13.1. The number of amides is 1. The molecule has 28 heavy (non-hydrogen) atoms. The Morgan fingerprint density at radius 3 is 2.54 bits per heavy atom. The molecular formula is C22H32N4O2. The van der Waals surface area contributed by atoms with Gasteiger partial charge >= 0.3 is 0 Å². The van der Waals surface area contributed by atoms with Gasteiger partial charge in [-0.15, -0.1) is 0 Å². The number of aryl methyl sites for hydroxylation is 3. The van der Waals surface area contributed by atoms with Crippen molar-refractivity contribution in [3.8, 4) is 5.69 Å². The summed E-state index contributed by atoms with van der Waals surface area (Å²) in [5, 5.41) is 7.74. The zero-order valence-electron chi connectivity index (χ0n) is 17.7. The van der Waals surface area contributed by atoms with Crippen LogP contribution in [0.15, 0.2) is 18.2 Å². The highest BCUT2D eigenvalue weighted by Gasteiger charge is 2.22. The number of aromatic nitrogens is 2. The molecule has 0 spiro atoms. The van der Waals surface area contributed by atoms with Crippen molar-refractivity contribution < 1.29 is 9.53 Å². The van der Waals surface area contributed by atoms with Crippen LogP contribution in [0.1, 0.15) is 42.3 Å². The van der Waals surface area contributed by atoms with Gasteiger partial charge in [-0.2, -0.15) is 5.10 Å². The van der Waals surface area contributed by atoms with Crippen LogP contribution in [0, 0.1) is 27.7 Å². The van der Waals surface area contributed by atoms with Gasteiger partial charge in [0.25, 0.3) is 0 Å². The van der Waals surface area contributed by atoms with Crippen LogP contribution >= 0.6 is 0 Å². The van der Waals surface area contributed by atoms with Gasteiger partial charge in [-0.05, 0) is 70.7 Å².